The van der Waals surface area contributed by atoms with E-state index >= 15 is 0 Å². The Bertz CT molecular complexity index is 1110. The third kappa shape index (κ3) is 3.13. The molecule has 0 unspecified atom stereocenters. The fourth-order valence-electron chi connectivity index (χ4n) is 2.50. The van der Waals surface area contributed by atoms with Crippen molar-refractivity contribution in [2.45, 2.75) is 11.1 Å². The first-order valence-electron chi connectivity index (χ1n) is 7.28. The van der Waals surface area contributed by atoms with Crippen molar-refractivity contribution in [3.8, 4) is 11.1 Å². The number of alkyl halides is 3. The highest BCUT2D eigenvalue weighted by atomic mass is 32.2. The van der Waals surface area contributed by atoms with Crippen molar-refractivity contribution in [2.24, 2.45) is 0 Å². The Kier molecular flexibility index (Phi) is 4.41. The van der Waals surface area contributed by atoms with Gasteiger partial charge in [0.25, 0.3) is 15.6 Å². The number of nitrogens with zero attached hydrogens (tertiary/aromatic N) is 2. The molecule has 5 nitrogen and oxygen atoms in total. The van der Waals surface area contributed by atoms with E-state index in [9.17, 15) is 26.4 Å². The highest BCUT2D eigenvalue weighted by molar-refractivity contribution is 7.90. The van der Waals surface area contributed by atoms with Gasteiger partial charge in [-0.05, 0) is 17.7 Å². The molecule has 3 rings (SSSR count). The maximum atomic E-state index is 13.5. The Labute approximate surface area is 146 Å². The Morgan fingerprint density at radius 2 is 1.58 bits per heavy atom. The van der Waals surface area contributed by atoms with Crippen molar-refractivity contribution in [3.05, 3.63) is 82.8 Å². The average molecular weight is 380 g/mol. The molecular formula is C17H11F3N2O3S. The zero-order valence-corrected chi connectivity index (χ0v) is 13.8. The van der Waals surface area contributed by atoms with Crippen molar-refractivity contribution in [1.29, 1.82) is 0 Å². The Morgan fingerprint density at radius 1 is 0.885 bits per heavy atom. The normalized spacial score (nSPS) is 12.1. The second-order valence-electron chi connectivity index (χ2n) is 5.26. The summed E-state index contributed by atoms with van der Waals surface area (Å²) in [7, 11) is -4.89. The van der Waals surface area contributed by atoms with E-state index in [0.29, 0.717) is 6.07 Å². The molecule has 9 heteroatoms. The number of hydrogen-bond donors (Lipinski definition) is 0. The fraction of sp³-hybridized carbons (Fsp3) is 0.0588. The first kappa shape index (κ1) is 17.9. The summed E-state index contributed by atoms with van der Waals surface area (Å²) in [5.41, 5.74) is -2.32. The molecule has 1 heterocycles. The van der Waals surface area contributed by atoms with Gasteiger partial charge in [0, 0.05) is 17.8 Å². The second kappa shape index (κ2) is 6.41. The van der Waals surface area contributed by atoms with Crippen LogP contribution in [0.2, 0.25) is 0 Å². The van der Waals surface area contributed by atoms with Gasteiger partial charge >= 0.3 is 6.18 Å². The van der Waals surface area contributed by atoms with Crippen molar-refractivity contribution in [2.75, 3.05) is 0 Å². The minimum Gasteiger partial charge on any atom is -0.267 e. The maximum Gasteiger partial charge on any atom is 0.417 e. The highest BCUT2D eigenvalue weighted by Crippen LogP contribution is 2.39. The van der Waals surface area contributed by atoms with E-state index < -0.39 is 32.2 Å². The lowest BCUT2D eigenvalue weighted by Gasteiger charge is -2.17. The molecule has 0 amide bonds. The molecule has 0 bridgehead atoms. The summed E-state index contributed by atoms with van der Waals surface area (Å²) in [6.07, 6.45) is -3.93. The summed E-state index contributed by atoms with van der Waals surface area (Å²) in [5.74, 6) is 0. The molecule has 2 aromatic carbocycles. The number of rotatable bonds is 3. The lowest BCUT2D eigenvalue weighted by molar-refractivity contribution is -0.139. The van der Waals surface area contributed by atoms with Gasteiger partial charge in [-0.25, -0.2) is 0 Å². The Hall–Kier alpha value is -2.94. The van der Waals surface area contributed by atoms with E-state index in [1.165, 1.54) is 24.3 Å². The predicted octanol–water partition coefficient (Wildman–Crippen LogP) is 3.17. The minimum absolute atomic E-state index is 0.0595. The lowest BCUT2D eigenvalue weighted by Crippen LogP contribution is -2.30. The molecule has 0 N–H and O–H groups in total. The molecule has 0 aliphatic rings. The molecule has 26 heavy (non-hydrogen) atoms. The fourth-order valence-corrected chi connectivity index (χ4v) is 4.07. The van der Waals surface area contributed by atoms with Crippen LogP contribution < -0.4 is 5.56 Å². The molecule has 0 aliphatic carbocycles. The van der Waals surface area contributed by atoms with Crippen LogP contribution in [0.1, 0.15) is 5.56 Å². The van der Waals surface area contributed by atoms with Crippen LogP contribution >= 0.6 is 0 Å². The van der Waals surface area contributed by atoms with Crippen LogP contribution in [0.25, 0.3) is 11.1 Å². The summed E-state index contributed by atoms with van der Waals surface area (Å²) in [5, 5.41) is 3.43. The van der Waals surface area contributed by atoms with E-state index in [2.05, 4.69) is 5.10 Å². The summed E-state index contributed by atoms with van der Waals surface area (Å²) in [6, 6.07) is 12.9. The molecule has 1 aromatic heterocycles. The first-order chi connectivity index (χ1) is 12.2. The van der Waals surface area contributed by atoms with Crippen LogP contribution in [-0.4, -0.2) is 17.6 Å². The maximum absolute atomic E-state index is 13.5. The van der Waals surface area contributed by atoms with Gasteiger partial charge in [0.15, 0.2) is 0 Å². The van der Waals surface area contributed by atoms with Gasteiger partial charge < -0.3 is 0 Å². The van der Waals surface area contributed by atoms with Crippen LogP contribution in [0.4, 0.5) is 13.2 Å². The third-order valence-corrected chi connectivity index (χ3v) is 5.26. The number of hydrogen-bond acceptors (Lipinski definition) is 4. The summed E-state index contributed by atoms with van der Waals surface area (Å²) in [4.78, 5) is 10.9. The first-order valence-corrected chi connectivity index (χ1v) is 8.72. The molecule has 134 valence electrons. The molecule has 0 saturated heterocycles. The quantitative estimate of drug-likeness (QED) is 0.700. The molecule has 0 aliphatic heterocycles. The number of aromatic nitrogens is 2. The van der Waals surface area contributed by atoms with Crippen molar-refractivity contribution >= 4 is 10.0 Å². The van der Waals surface area contributed by atoms with Crippen LogP contribution in [0.3, 0.4) is 0 Å². The van der Waals surface area contributed by atoms with E-state index in [1.807, 2.05) is 0 Å². The van der Waals surface area contributed by atoms with Crippen molar-refractivity contribution in [1.82, 2.24) is 9.19 Å². The lowest BCUT2D eigenvalue weighted by atomic mass is 10.0. The van der Waals surface area contributed by atoms with Crippen molar-refractivity contribution in [3.63, 3.8) is 0 Å². The second-order valence-corrected chi connectivity index (χ2v) is 6.96. The number of halogens is 3. The van der Waals surface area contributed by atoms with Gasteiger partial charge in [-0.3, -0.25) is 4.79 Å². The average Bonchev–Trinajstić information content (AvgIpc) is 2.61. The van der Waals surface area contributed by atoms with E-state index in [1.54, 1.807) is 18.2 Å². The Morgan fingerprint density at radius 3 is 2.19 bits per heavy atom. The van der Waals surface area contributed by atoms with E-state index in [4.69, 9.17) is 0 Å². The van der Waals surface area contributed by atoms with Gasteiger partial charge in [0.2, 0.25) is 0 Å². The molecule has 0 radical (unpaired) electrons. The molecule has 0 spiro atoms. The zero-order valence-electron chi connectivity index (χ0n) is 13.0. The largest absolute Gasteiger partial charge is 0.417 e. The van der Waals surface area contributed by atoms with Gasteiger partial charge in [0.05, 0.1) is 5.56 Å². The molecular weight excluding hydrogens is 369 g/mol. The minimum atomic E-state index is -4.94. The van der Waals surface area contributed by atoms with Crippen molar-refractivity contribution < 1.29 is 21.6 Å². The van der Waals surface area contributed by atoms with Gasteiger partial charge in [-0.15, -0.1) is 4.09 Å². The topological polar surface area (TPSA) is 69.0 Å². The molecule has 3 aromatic rings. The molecule has 0 fully saturated rings. The van der Waals surface area contributed by atoms with E-state index in [-0.39, 0.29) is 15.2 Å². The highest BCUT2D eigenvalue weighted by Gasteiger charge is 2.40. The van der Waals surface area contributed by atoms with E-state index in [0.717, 1.165) is 18.3 Å². The SMILES string of the molecule is O=c1cccnn1S(=O)(=O)c1c(-c2ccccc2)cccc1C(F)(F)F. The van der Waals surface area contributed by atoms with Crippen LogP contribution in [0, 0.1) is 0 Å². The van der Waals surface area contributed by atoms with Gasteiger partial charge in [0.1, 0.15) is 4.90 Å². The van der Waals surface area contributed by atoms with Gasteiger partial charge in [-0.2, -0.15) is 26.7 Å². The van der Waals surface area contributed by atoms with Crippen LogP contribution in [0.15, 0.2) is 76.6 Å². The molecule has 0 atom stereocenters. The smallest absolute Gasteiger partial charge is 0.267 e. The third-order valence-electron chi connectivity index (χ3n) is 3.58. The summed E-state index contributed by atoms with van der Waals surface area (Å²) >= 11 is 0. The van der Waals surface area contributed by atoms with Crippen LogP contribution in [-0.2, 0) is 16.2 Å². The van der Waals surface area contributed by atoms with Crippen LogP contribution in [0.5, 0.6) is 0 Å². The van der Waals surface area contributed by atoms with Gasteiger partial charge in [-0.1, -0.05) is 42.5 Å². The molecule has 0 saturated carbocycles. The monoisotopic (exact) mass is 380 g/mol. The Balaban J connectivity index is 2.42. The standard InChI is InChI=1S/C17H11F3N2O3S/c18-17(19,20)14-9-4-8-13(12-6-2-1-3-7-12)16(14)26(24,25)22-15(23)10-5-11-21-22/h1-11H. The summed E-state index contributed by atoms with van der Waals surface area (Å²) in [6.45, 7) is 0. The summed E-state index contributed by atoms with van der Waals surface area (Å²) < 4.78 is 66.4. The zero-order chi connectivity index (χ0) is 18.9. The number of benzene rings is 2. The predicted molar refractivity (Wildman–Crippen MR) is 88.0 cm³/mol.